The van der Waals surface area contributed by atoms with E-state index in [1.54, 1.807) is 6.92 Å². The second-order valence-corrected chi connectivity index (χ2v) is 2.11. The van der Waals surface area contributed by atoms with Crippen LogP contribution in [0.2, 0.25) is 0 Å². The molecule has 5 heteroatoms. The van der Waals surface area contributed by atoms with Gasteiger partial charge in [0.25, 0.3) is 0 Å². The third kappa shape index (κ3) is 3.37. The van der Waals surface area contributed by atoms with Gasteiger partial charge in [0, 0.05) is 5.57 Å². The van der Waals surface area contributed by atoms with Crippen LogP contribution >= 0.6 is 0 Å². The van der Waals surface area contributed by atoms with E-state index in [1.165, 1.54) is 0 Å². The van der Waals surface area contributed by atoms with Gasteiger partial charge in [0.1, 0.15) is 11.4 Å². The Hall–Kier alpha value is -0.680. The molecule has 0 aliphatic rings. The first kappa shape index (κ1) is 9.32. The van der Waals surface area contributed by atoms with Crippen LogP contribution in [0, 0.1) is 0 Å². The van der Waals surface area contributed by atoms with E-state index in [2.05, 4.69) is 10.8 Å². The fraction of sp³-hybridized carbons (Fsp3) is 0.400. The summed E-state index contributed by atoms with van der Waals surface area (Å²) in [5, 5.41) is 0. The van der Waals surface area contributed by atoms with Crippen molar-refractivity contribution in [3.63, 3.8) is 0 Å². The monoisotopic (exact) mass is 163 g/mol. The Kier molecular flexibility index (Phi) is 3.90. The summed E-state index contributed by atoms with van der Waals surface area (Å²) in [7, 11) is 0. The van der Waals surface area contributed by atoms with Gasteiger partial charge in [-0.3, -0.25) is 0 Å². The van der Waals surface area contributed by atoms with E-state index in [9.17, 15) is 13.6 Å². The molecule has 0 spiro atoms. The Labute approximate surface area is 61.4 Å². The molecule has 10 heavy (non-hydrogen) atoms. The van der Waals surface area contributed by atoms with Crippen molar-refractivity contribution in [2.24, 2.45) is 0 Å². The van der Waals surface area contributed by atoms with Gasteiger partial charge in [0.15, 0.2) is 0 Å². The summed E-state index contributed by atoms with van der Waals surface area (Å²) in [6.45, 7) is 4.96. The molecule has 0 N–H and O–H groups in total. The van der Waals surface area contributed by atoms with Gasteiger partial charge < -0.3 is 8.74 Å². The molecule has 0 amide bonds. The lowest BCUT2D eigenvalue weighted by Crippen LogP contribution is -2.08. The van der Waals surface area contributed by atoms with Crippen molar-refractivity contribution in [1.29, 1.82) is 0 Å². The summed E-state index contributed by atoms with van der Waals surface area (Å²) >= 11 is -2.78. The van der Waals surface area contributed by atoms with E-state index in [0.717, 1.165) is 0 Å². The van der Waals surface area contributed by atoms with Crippen LogP contribution < -0.4 is 0 Å². The Bertz CT molecular complexity index is 174. The van der Waals surface area contributed by atoms with Crippen LogP contribution in [-0.2, 0) is 20.3 Å². The predicted molar refractivity (Wildman–Crippen MR) is 34.4 cm³/mol. The van der Waals surface area contributed by atoms with Gasteiger partial charge >= 0.3 is 5.97 Å². The normalized spacial score (nSPS) is 12.2. The topological polar surface area (TPSA) is 66.4 Å². The molecule has 1 unspecified atom stereocenters. The molecule has 0 aromatic heterocycles. The fourth-order valence-corrected chi connectivity index (χ4v) is 0.507. The number of carbonyl (C=O) groups excluding carboxylic acids is 1. The maximum Gasteiger partial charge on any atom is 0.346 e. The molecule has 0 aliphatic carbocycles. The zero-order valence-electron chi connectivity index (χ0n) is 5.46. The molecular weight excluding hydrogens is 156 g/mol. The van der Waals surface area contributed by atoms with Crippen LogP contribution in [-0.4, -0.2) is 14.7 Å². The molecule has 0 rings (SSSR count). The third-order valence-corrected chi connectivity index (χ3v) is 1.15. The van der Waals surface area contributed by atoms with Crippen molar-refractivity contribution in [3.05, 3.63) is 12.2 Å². The SMILES string of the molecule is C=C(CC)C(=O)OS(=O)[O-]. The fourth-order valence-electron chi connectivity index (χ4n) is 0.265. The average Bonchev–Trinajstić information content (AvgIpc) is 1.85. The summed E-state index contributed by atoms with van der Waals surface area (Å²) < 4.78 is 23.3. The maximum atomic E-state index is 10.5. The number of hydrogen-bond donors (Lipinski definition) is 0. The van der Waals surface area contributed by atoms with E-state index in [4.69, 9.17) is 0 Å². The van der Waals surface area contributed by atoms with Gasteiger partial charge in [-0.15, -0.1) is 0 Å². The van der Waals surface area contributed by atoms with Crippen molar-refractivity contribution in [2.75, 3.05) is 0 Å². The molecule has 4 nitrogen and oxygen atoms in total. The summed E-state index contributed by atoms with van der Waals surface area (Å²) in [5.74, 6) is -0.893. The quantitative estimate of drug-likeness (QED) is 0.443. The lowest BCUT2D eigenvalue weighted by molar-refractivity contribution is -0.129. The third-order valence-electron chi connectivity index (χ3n) is 0.859. The molecule has 0 fully saturated rings. The van der Waals surface area contributed by atoms with Crippen molar-refractivity contribution >= 4 is 17.3 Å². The van der Waals surface area contributed by atoms with E-state index >= 15 is 0 Å². The van der Waals surface area contributed by atoms with Gasteiger partial charge in [-0.2, -0.15) is 0 Å². The molecule has 0 heterocycles. The van der Waals surface area contributed by atoms with Crippen molar-refractivity contribution in [2.45, 2.75) is 13.3 Å². The molecular formula is C5H7O4S-. The van der Waals surface area contributed by atoms with Gasteiger partial charge in [-0.05, 0) is 6.42 Å². The van der Waals surface area contributed by atoms with Crippen molar-refractivity contribution < 1.29 is 17.7 Å². The van der Waals surface area contributed by atoms with Crippen LogP contribution in [0.5, 0.6) is 0 Å². The minimum Gasteiger partial charge on any atom is -0.740 e. The summed E-state index contributed by atoms with van der Waals surface area (Å²) in [5.41, 5.74) is 0.143. The molecule has 0 aromatic rings. The van der Waals surface area contributed by atoms with Crippen LogP contribution in [0.3, 0.4) is 0 Å². The van der Waals surface area contributed by atoms with Crippen LogP contribution in [0.1, 0.15) is 13.3 Å². The largest absolute Gasteiger partial charge is 0.740 e. The highest BCUT2D eigenvalue weighted by atomic mass is 32.2. The van der Waals surface area contributed by atoms with Gasteiger partial charge in [0.05, 0.1) is 0 Å². The van der Waals surface area contributed by atoms with Gasteiger partial charge in [-0.1, -0.05) is 13.5 Å². The lowest BCUT2D eigenvalue weighted by Gasteiger charge is -2.04. The summed E-state index contributed by atoms with van der Waals surface area (Å²) in [6, 6.07) is 0. The van der Waals surface area contributed by atoms with Crippen molar-refractivity contribution in [3.8, 4) is 0 Å². The molecule has 1 atom stereocenters. The lowest BCUT2D eigenvalue weighted by atomic mass is 10.2. The molecule has 0 saturated carbocycles. The number of rotatable bonds is 3. The smallest absolute Gasteiger partial charge is 0.346 e. The minimum atomic E-state index is -2.78. The number of carbonyl (C=O) groups is 1. The Balaban J connectivity index is 3.86. The second-order valence-electron chi connectivity index (χ2n) is 1.53. The maximum absolute atomic E-state index is 10.5. The zero-order valence-corrected chi connectivity index (χ0v) is 6.27. The predicted octanol–water partition coefficient (Wildman–Crippen LogP) is 0.290. The molecule has 0 radical (unpaired) electrons. The average molecular weight is 163 g/mol. The van der Waals surface area contributed by atoms with Crippen LogP contribution in [0.15, 0.2) is 12.2 Å². The van der Waals surface area contributed by atoms with E-state index in [1.807, 2.05) is 0 Å². The first-order chi connectivity index (χ1) is 4.57. The van der Waals surface area contributed by atoms with E-state index in [-0.39, 0.29) is 5.57 Å². The first-order valence-corrected chi connectivity index (χ1v) is 3.57. The highest BCUT2D eigenvalue weighted by molar-refractivity contribution is 7.74. The first-order valence-electron chi connectivity index (χ1n) is 2.57. The Morgan fingerprint density at radius 3 is 2.60 bits per heavy atom. The summed E-state index contributed by atoms with van der Waals surface area (Å²) in [6.07, 6.45) is 0.385. The van der Waals surface area contributed by atoms with E-state index < -0.39 is 17.3 Å². The standard InChI is InChI=1S/C5H8O4S/c1-3-4(2)5(6)9-10(7)8/h2-3H2,1H3,(H,7,8)/p-1. The summed E-state index contributed by atoms with van der Waals surface area (Å²) in [4.78, 5) is 10.5. The van der Waals surface area contributed by atoms with Crippen molar-refractivity contribution in [1.82, 2.24) is 0 Å². The van der Waals surface area contributed by atoms with Gasteiger partial charge in [0.2, 0.25) is 0 Å². The highest BCUT2D eigenvalue weighted by Gasteiger charge is 2.05. The number of hydrogen-bond acceptors (Lipinski definition) is 4. The highest BCUT2D eigenvalue weighted by Crippen LogP contribution is 1.99. The molecule has 0 saturated heterocycles. The van der Waals surface area contributed by atoms with Crippen LogP contribution in [0.25, 0.3) is 0 Å². The molecule has 0 bridgehead atoms. The molecule has 0 aromatic carbocycles. The molecule has 0 aliphatic heterocycles. The second kappa shape index (κ2) is 4.19. The Morgan fingerprint density at radius 1 is 1.80 bits per heavy atom. The van der Waals surface area contributed by atoms with E-state index in [0.29, 0.717) is 6.42 Å². The van der Waals surface area contributed by atoms with Gasteiger partial charge in [-0.25, -0.2) is 9.00 Å². The Morgan fingerprint density at radius 2 is 2.30 bits per heavy atom. The zero-order chi connectivity index (χ0) is 8.15. The van der Waals surface area contributed by atoms with Crippen LogP contribution in [0.4, 0.5) is 0 Å². The minimum absolute atomic E-state index is 0.143. The molecule has 58 valence electrons.